The molecule has 1 aliphatic heterocycles. The summed E-state index contributed by atoms with van der Waals surface area (Å²) in [6, 6.07) is 16.4. The molecule has 1 atom stereocenters. The summed E-state index contributed by atoms with van der Waals surface area (Å²) in [5.74, 6) is 0.189. The minimum atomic E-state index is -0.260. The Labute approximate surface area is 184 Å². The molecule has 4 rings (SSSR count). The first-order chi connectivity index (χ1) is 15.0. The van der Waals surface area contributed by atoms with E-state index in [-0.39, 0.29) is 17.9 Å². The third-order valence-electron chi connectivity index (χ3n) is 6.24. The molecule has 1 saturated carbocycles. The van der Waals surface area contributed by atoms with Crippen molar-refractivity contribution >= 4 is 17.5 Å². The van der Waals surface area contributed by atoms with Gasteiger partial charge in [0.05, 0.1) is 0 Å². The molecule has 164 valence electrons. The number of amides is 2. The molecule has 2 amide bonds. The highest BCUT2D eigenvalue weighted by Crippen LogP contribution is 2.18. The fourth-order valence-corrected chi connectivity index (χ4v) is 4.60. The van der Waals surface area contributed by atoms with Crippen LogP contribution in [-0.4, -0.2) is 50.6 Å². The molecule has 6 heteroatoms. The normalized spacial score (nSPS) is 21.9. The average Bonchev–Trinajstić information content (AvgIpc) is 3.53. The lowest BCUT2D eigenvalue weighted by atomic mass is 10.0. The Morgan fingerprint density at radius 2 is 1.61 bits per heavy atom. The molecule has 0 radical (unpaired) electrons. The van der Waals surface area contributed by atoms with E-state index in [0.717, 1.165) is 61.4 Å². The number of anilines is 1. The number of piperazine rings is 1. The maximum absolute atomic E-state index is 13.4. The van der Waals surface area contributed by atoms with Crippen molar-refractivity contribution in [2.75, 3.05) is 38.0 Å². The van der Waals surface area contributed by atoms with Crippen LogP contribution in [0, 0.1) is 13.8 Å². The standard InChI is InChI=1S/C25H32N4O2/c1-18-14-19(2)16-22(15-18)27-25(31)24(20-6-4-3-5-7-20)29-12-10-28(11-13-29)17-23(30)26-21-8-9-21/h3-7,14-16,21,24H,8-13,17H2,1-2H3,(H,26,30)(H,27,31)/p+2/t24-/m0/s1. The molecule has 1 aliphatic carbocycles. The van der Waals surface area contributed by atoms with Gasteiger partial charge in [-0.15, -0.1) is 0 Å². The predicted octanol–water partition coefficient (Wildman–Crippen LogP) is 0.0452. The molecule has 0 bridgehead atoms. The van der Waals surface area contributed by atoms with Crippen LogP contribution >= 0.6 is 0 Å². The highest BCUT2D eigenvalue weighted by atomic mass is 16.2. The van der Waals surface area contributed by atoms with Crippen LogP contribution in [0.2, 0.25) is 0 Å². The van der Waals surface area contributed by atoms with Gasteiger partial charge in [0.15, 0.2) is 12.6 Å². The molecule has 6 nitrogen and oxygen atoms in total. The zero-order chi connectivity index (χ0) is 21.8. The van der Waals surface area contributed by atoms with E-state index in [4.69, 9.17) is 0 Å². The lowest BCUT2D eigenvalue weighted by Gasteiger charge is -2.34. The molecule has 2 aromatic rings. The number of hydrogen-bond acceptors (Lipinski definition) is 2. The molecule has 0 spiro atoms. The summed E-state index contributed by atoms with van der Waals surface area (Å²) >= 11 is 0. The van der Waals surface area contributed by atoms with Crippen molar-refractivity contribution < 1.29 is 19.4 Å². The monoisotopic (exact) mass is 422 g/mol. The Bertz CT molecular complexity index is 898. The first kappa shape index (κ1) is 21.5. The first-order valence-corrected chi connectivity index (χ1v) is 11.4. The Morgan fingerprint density at radius 1 is 0.968 bits per heavy atom. The van der Waals surface area contributed by atoms with Crippen LogP contribution in [0.15, 0.2) is 48.5 Å². The number of nitrogens with one attached hydrogen (secondary N) is 4. The molecular formula is C25H34N4O2+2. The molecule has 1 saturated heterocycles. The van der Waals surface area contributed by atoms with E-state index in [0.29, 0.717) is 12.6 Å². The molecule has 4 N–H and O–H groups in total. The summed E-state index contributed by atoms with van der Waals surface area (Å²) in [7, 11) is 0. The summed E-state index contributed by atoms with van der Waals surface area (Å²) < 4.78 is 0. The van der Waals surface area contributed by atoms with Gasteiger partial charge in [-0.2, -0.15) is 0 Å². The molecule has 2 aliphatic rings. The van der Waals surface area contributed by atoms with Crippen molar-refractivity contribution in [2.24, 2.45) is 0 Å². The second-order valence-electron chi connectivity index (χ2n) is 9.14. The van der Waals surface area contributed by atoms with Crippen LogP contribution in [0.25, 0.3) is 0 Å². The minimum Gasteiger partial charge on any atom is -0.348 e. The van der Waals surface area contributed by atoms with Crippen molar-refractivity contribution in [1.82, 2.24) is 5.32 Å². The fraction of sp³-hybridized carbons (Fsp3) is 0.440. The molecule has 0 unspecified atom stereocenters. The number of carbonyl (C=O) groups excluding carboxylic acids is 2. The summed E-state index contributed by atoms with van der Waals surface area (Å²) in [4.78, 5) is 28.2. The largest absolute Gasteiger partial charge is 0.348 e. The lowest BCUT2D eigenvalue weighted by molar-refractivity contribution is -1.02. The molecule has 0 aromatic heterocycles. The third-order valence-corrected chi connectivity index (χ3v) is 6.24. The highest BCUT2D eigenvalue weighted by Gasteiger charge is 2.36. The van der Waals surface area contributed by atoms with Gasteiger partial charge in [0.1, 0.15) is 26.2 Å². The van der Waals surface area contributed by atoms with Crippen LogP contribution in [0.5, 0.6) is 0 Å². The van der Waals surface area contributed by atoms with Gasteiger partial charge in [-0.1, -0.05) is 36.4 Å². The van der Waals surface area contributed by atoms with Crippen LogP contribution in [0.1, 0.15) is 35.6 Å². The number of benzene rings is 2. The van der Waals surface area contributed by atoms with E-state index in [9.17, 15) is 9.59 Å². The van der Waals surface area contributed by atoms with Crippen molar-refractivity contribution in [3.05, 3.63) is 65.2 Å². The number of quaternary nitrogens is 2. The van der Waals surface area contributed by atoms with Crippen molar-refractivity contribution in [1.29, 1.82) is 0 Å². The van der Waals surface area contributed by atoms with E-state index >= 15 is 0 Å². The van der Waals surface area contributed by atoms with Gasteiger partial charge in [0, 0.05) is 17.3 Å². The highest BCUT2D eigenvalue weighted by molar-refractivity contribution is 5.94. The van der Waals surface area contributed by atoms with Gasteiger partial charge < -0.3 is 20.4 Å². The zero-order valence-electron chi connectivity index (χ0n) is 18.5. The number of rotatable bonds is 7. The lowest BCUT2D eigenvalue weighted by Crippen LogP contribution is -3.28. The zero-order valence-corrected chi connectivity index (χ0v) is 18.5. The Balaban J connectivity index is 1.43. The van der Waals surface area contributed by atoms with Crippen LogP contribution in [-0.2, 0) is 9.59 Å². The smallest absolute Gasteiger partial charge is 0.287 e. The molecular weight excluding hydrogens is 388 g/mol. The maximum Gasteiger partial charge on any atom is 0.287 e. The topological polar surface area (TPSA) is 67.1 Å². The summed E-state index contributed by atoms with van der Waals surface area (Å²) in [5, 5.41) is 6.25. The van der Waals surface area contributed by atoms with E-state index in [2.05, 4.69) is 16.7 Å². The van der Waals surface area contributed by atoms with E-state index in [1.807, 2.05) is 56.3 Å². The van der Waals surface area contributed by atoms with Gasteiger partial charge in [-0.25, -0.2) is 0 Å². The quantitative estimate of drug-likeness (QED) is 0.509. The Hall–Kier alpha value is -2.70. The van der Waals surface area contributed by atoms with Crippen molar-refractivity contribution in [3.63, 3.8) is 0 Å². The summed E-state index contributed by atoms with van der Waals surface area (Å²) in [6.07, 6.45) is 2.24. The molecule has 2 fully saturated rings. The number of aryl methyl sites for hydroxylation is 2. The SMILES string of the molecule is Cc1cc(C)cc(NC(=O)[C@H](c2ccccc2)[NH+]2CC[NH+](CC(=O)NC3CC3)CC2)c1. The summed E-state index contributed by atoms with van der Waals surface area (Å²) in [5.41, 5.74) is 4.17. The van der Waals surface area contributed by atoms with E-state index in [1.54, 1.807) is 0 Å². The third kappa shape index (κ3) is 5.93. The Kier molecular flexibility index (Phi) is 6.68. The van der Waals surface area contributed by atoms with Gasteiger partial charge in [0.2, 0.25) is 0 Å². The van der Waals surface area contributed by atoms with Crippen molar-refractivity contribution in [2.45, 2.75) is 38.8 Å². The van der Waals surface area contributed by atoms with Crippen LogP contribution in [0.4, 0.5) is 5.69 Å². The fourth-order valence-electron chi connectivity index (χ4n) is 4.60. The minimum absolute atomic E-state index is 0.0288. The number of hydrogen-bond donors (Lipinski definition) is 4. The Morgan fingerprint density at radius 3 is 2.23 bits per heavy atom. The second-order valence-corrected chi connectivity index (χ2v) is 9.14. The van der Waals surface area contributed by atoms with Gasteiger partial charge in [-0.3, -0.25) is 9.59 Å². The predicted molar refractivity (Wildman–Crippen MR) is 121 cm³/mol. The van der Waals surface area contributed by atoms with E-state index in [1.165, 1.54) is 9.80 Å². The first-order valence-electron chi connectivity index (χ1n) is 11.4. The van der Waals surface area contributed by atoms with Gasteiger partial charge in [0.25, 0.3) is 11.8 Å². The second kappa shape index (κ2) is 9.62. The maximum atomic E-state index is 13.4. The van der Waals surface area contributed by atoms with E-state index < -0.39 is 0 Å². The van der Waals surface area contributed by atoms with Crippen LogP contribution in [0.3, 0.4) is 0 Å². The van der Waals surface area contributed by atoms with Gasteiger partial charge in [-0.05, 0) is 49.9 Å². The summed E-state index contributed by atoms with van der Waals surface area (Å²) in [6.45, 7) is 8.15. The van der Waals surface area contributed by atoms with Crippen molar-refractivity contribution in [3.8, 4) is 0 Å². The molecule has 2 aromatic carbocycles. The molecule has 31 heavy (non-hydrogen) atoms. The number of carbonyl (C=O) groups is 2. The van der Waals surface area contributed by atoms with Gasteiger partial charge >= 0.3 is 0 Å². The average molecular weight is 423 g/mol. The van der Waals surface area contributed by atoms with Crippen LogP contribution < -0.4 is 20.4 Å². The molecule has 1 heterocycles.